The van der Waals surface area contributed by atoms with Crippen LogP contribution in [0.25, 0.3) is 0 Å². The van der Waals surface area contributed by atoms with Crippen LogP contribution in [-0.4, -0.2) is 31.0 Å². The Morgan fingerprint density at radius 2 is 1.95 bits per heavy atom. The van der Waals surface area contributed by atoms with Crippen LogP contribution in [0.1, 0.15) is 26.3 Å². The van der Waals surface area contributed by atoms with E-state index in [1.807, 2.05) is 51.9 Å². The van der Waals surface area contributed by atoms with E-state index in [1.165, 1.54) is 0 Å². The Bertz CT molecular complexity index is 447. The van der Waals surface area contributed by atoms with Crippen LogP contribution < -0.4 is 16.0 Å². The minimum absolute atomic E-state index is 0. The van der Waals surface area contributed by atoms with E-state index in [4.69, 9.17) is 5.73 Å². The number of anilines is 1. The molecule has 1 amide bonds. The number of rotatable bonds is 4. The molecular formula is C14H26Cl2N4O. The van der Waals surface area contributed by atoms with E-state index >= 15 is 0 Å². The Morgan fingerprint density at radius 1 is 1.38 bits per heavy atom. The van der Waals surface area contributed by atoms with Gasteiger partial charge in [0, 0.05) is 32.4 Å². The molecule has 5 nitrogen and oxygen atoms in total. The highest BCUT2D eigenvalue weighted by Gasteiger charge is 2.27. The van der Waals surface area contributed by atoms with Crippen LogP contribution >= 0.6 is 24.8 Å². The number of carbonyl (C=O) groups excluding carboxylic acids is 1. The minimum Gasteiger partial charge on any atom is -0.362 e. The van der Waals surface area contributed by atoms with Gasteiger partial charge in [-0.1, -0.05) is 26.8 Å². The number of halogens is 2. The molecule has 7 heteroatoms. The number of carbonyl (C=O) groups is 1. The van der Waals surface area contributed by atoms with Crippen LogP contribution in [0.3, 0.4) is 0 Å². The highest BCUT2D eigenvalue weighted by Crippen LogP contribution is 2.18. The molecule has 0 aliphatic heterocycles. The predicted molar refractivity (Wildman–Crippen MR) is 92.3 cm³/mol. The summed E-state index contributed by atoms with van der Waals surface area (Å²) in [5, 5.41) is 2.87. The third-order valence-electron chi connectivity index (χ3n) is 2.96. The van der Waals surface area contributed by atoms with Gasteiger partial charge in [0.25, 0.3) is 0 Å². The Balaban J connectivity index is 0. The summed E-state index contributed by atoms with van der Waals surface area (Å²) < 4.78 is 0. The first-order valence-corrected chi connectivity index (χ1v) is 6.38. The molecule has 1 heterocycles. The summed E-state index contributed by atoms with van der Waals surface area (Å²) in [6, 6.07) is 3.29. The fraction of sp³-hybridized carbons (Fsp3) is 0.571. The number of nitrogens with two attached hydrogens (primary N) is 1. The van der Waals surface area contributed by atoms with Gasteiger partial charge in [-0.2, -0.15) is 0 Å². The Kier molecular flexibility index (Phi) is 9.61. The molecule has 122 valence electrons. The quantitative estimate of drug-likeness (QED) is 0.881. The zero-order chi connectivity index (χ0) is 14.6. The van der Waals surface area contributed by atoms with Gasteiger partial charge in [-0.3, -0.25) is 4.79 Å². The minimum atomic E-state index is -0.521. The van der Waals surface area contributed by atoms with Gasteiger partial charge in [0.05, 0.1) is 6.04 Å². The summed E-state index contributed by atoms with van der Waals surface area (Å²) in [6.07, 6.45) is 1.74. The molecule has 0 bridgehead atoms. The standard InChI is InChI=1S/C14H24N4O.2ClH/c1-14(2,3)11(15)13(19)17-9-10-7-6-8-16-12(10)18(4)5;;/h6-8,11H,9,15H2,1-5H3,(H,17,19);2*1H/t11-;;/m1../s1. The normalized spacial score (nSPS) is 11.7. The van der Waals surface area contributed by atoms with Crippen molar-refractivity contribution in [1.82, 2.24) is 10.3 Å². The summed E-state index contributed by atoms with van der Waals surface area (Å²) in [5.41, 5.74) is 6.65. The van der Waals surface area contributed by atoms with E-state index < -0.39 is 6.04 Å². The largest absolute Gasteiger partial charge is 0.362 e. The van der Waals surface area contributed by atoms with E-state index in [9.17, 15) is 4.79 Å². The lowest BCUT2D eigenvalue weighted by molar-refractivity contribution is -0.124. The highest BCUT2D eigenvalue weighted by molar-refractivity contribution is 5.85. The van der Waals surface area contributed by atoms with Gasteiger partial charge in [-0.05, 0) is 11.5 Å². The molecule has 0 aliphatic rings. The first kappa shape index (κ1) is 22.2. The summed E-state index contributed by atoms with van der Waals surface area (Å²) in [7, 11) is 3.85. The van der Waals surface area contributed by atoms with Gasteiger partial charge < -0.3 is 16.0 Å². The van der Waals surface area contributed by atoms with Crippen molar-refractivity contribution in [3.05, 3.63) is 23.9 Å². The van der Waals surface area contributed by atoms with Crippen molar-refractivity contribution in [1.29, 1.82) is 0 Å². The molecule has 3 N–H and O–H groups in total. The van der Waals surface area contributed by atoms with Gasteiger partial charge in [-0.25, -0.2) is 4.98 Å². The first-order chi connectivity index (χ1) is 8.73. The van der Waals surface area contributed by atoms with Crippen molar-refractivity contribution in [3.63, 3.8) is 0 Å². The van der Waals surface area contributed by atoms with Gasteiger partial charge in [0.15, 0.2) is 0 Å². The van der Waals surface area contributed by atoms with Crippen molar-refractivity contribution in [3.8, 4) is 0 Å². The van der Waals surface area contributed by atoms with Crippen LogP contribution in [0.5, 0.6) is 0 Å². The molecule has 21 heavy (non-hydrogen) atoms. The maximum Gasteiger partial charge on any atom is 0.237 e. The van der Waals surface area contributed by atoms with Crippen LogP contribution in [0, 0.1) is 5.41 Å². The monoisotopic (exact) mass is 336 g/mol. The lowest BCUT2D eigenvalue weighted by atomic mass is 9.87. The lowest BCUT2D eigenvalue weighted by Crippen LogP contribution is -2.48. The maximum atomic E-state index is 12.0. The first-order valence-electron chi connectivity index (χ1n) is 6.38. The second-order valence-electron chi connectivity index (χ2n) is 5.94. The van der Waals surface area contributed by atoms with E-state index in [-0.39, 0.29) is 36.1 Å². The molecule has 0 aromatic carbocycles. The number of pyridine rings is 1. The Hall–Kier alpha value is -1.04. The van der Waals surface area contributed by atoms with Crippen molar-refractivity contribution in [2.24, 2.45) is 11.1 Å². The van der Waals surface area contributed by atoms with Gasteiger partial charge in [-0.15, -0.1) is 24.8 Å². The molecule has 0 radical (unpaired) electrons. The van der Waals surface area contributed by atoms with Crippen molar-refractivity contribution in [2.45, 2.75) is 33.4 Å². The fourth-order valence-electron chi connectivity index (χ4n) is 1.66. The molecule has 1 rings (SSSR count). The molecule has 0 aliphatic carbocycles. The van der Waals surface area contributed by atoms with Crippen LogP contribution in [-0.2, 0) is 11.3 Å². The molecule has 1 atom stereocenters. The van der Waals surface area contributed by atoms with Crippen LogP contribution in [0.2, 0.25) is 0 Å². The summed E-state index contributed by atoms with van der Waals surface area (Å²) in [6.45, 7) is 6.29. The zero-order valence-corrected chi connectivity index (χ0v) is 14.8. The van der Waals surface area contributed by atoms with E-state index in [1.54, 1.807) is 6.20 Å². The topological polar surface area (TPSA) is 71.2 Å². The average Bonchev–Trinajstić information content (AvgIpc) is 2.34. The number of nitrogens with zero attached hydrogens (tertiary/aromatic N) is 2. The summed E-state index contributed by atoms with van der Waals surface area (Å²) in [5.74, 6) is 0.716. The van der Waals surface area contributed by atoms with Crippen molar-refractivity contribution < 1.29 is 4.79 Å². The van der Waals surface area contributed by atoms with E-state index in [0.717, 1.165) is 11.4 Å². The van der Waals surface area contributed by atoms with Gasteiger partial charge in [0.2, 0.25) is 5.91 Å². The molecule has 1 aromatic heterocycles. The Labute approximate surface area is 139 Å². The van der Waals surface area contributed by atoms with Crippen molar-refractivity contribution >= 4 is 36.5 Å². The summed E-state index contributed by atoms with van der Waals surface area (Å²) in [4.78, 5) is 18.2. The van der Waals surface area contributed by atoms with Crippen molar-refractivity contribution in [2.75, 3.05) is 19.0 Å². The molecule has 0 saturated carbocycles. The Morgan fingerprint density at radius 3 is 2.43 bits per heavy atom. The molecule has 0 fully saturated rings. The number of aromatic nitrogens is 1. The average molecular weight is 337 g/mol. The molecule has 1 aromatic rings. The SMILES string of the molecule is CN(C)c1ncccc1CNC(=O)[C@@H](N)C(C)(C)C.Cl.Cl. The van der Waals surface area contributed by atoms with Gasteiger partial charge >= 0.3 is 0 Å². The van der Waals surface area contributed by atoms with Crippen LogP contribution in [0.15, 0.2) is 18.3 Å². The fourth-order valence-corrected chi connectivity index (χ4v) is 1.66. The van der Waals surface area contributed by atoms with E-state index in [2.05, 4.69) is 10.3 Å². The molecule has 0 saturated heterocycles. The second kappa shape index (κ2) is 9.07. The lowest BCUT2D eigenvalue weighted by Gasteiger charge is -2.26. The smallest absolute Gasteiger partial charge is 0.237 e. The predicted octanol–water partition coefficient (Wildman–Crippen LogP) is 1.98. The number of hydrogen-bond donors (Lipinski definition) is 2. The zero-order valence-electron chi connectivity index (χ0n) is 13.2. The molecule has 0 unspecified atom stereocenters. The third kappa shape index (κ3) is 6.50. The third-order valence-corrected chi connectivity index (χ3v) is 2.96. The van der Waals surface area contributed by atoms with Crippen LogP contribution in [0.4, 0.5) is 5.82 Å². The van der Waals surface area contributed by atoms with E-state index in [0.29, 0.717) is 6.54 Å². The number of hydrogen-bond acceptors (Lipinski definition) is 4. The van der Waals surface area contributed by atoms with Gasteiger partial charge in [0.1, 0.15) is 5.82 Å². The molecular weight excluding hydrogens is 311 g/mol. The summed E-state index contributed by atoms with van der Waals surface area (Å²) >= 11 is 0. The molecule has 0 spiro atoms. The number of nitrogens with one attached hydrogen (secondary N) is 1. The maximum absolute atomic E-state index is 12.0. The second-order valence-corrected chi connectivity index (χ2v) is 5.94. The number of amides is 1. The highest BCUT2D eigenvalue weighted by atomic mass is 35.5.